The summed E-state index contributed by atoms with van der Waals surface area (Å²) in [7, 11) is 0. The number of ether oxygens (including phenoxy) is 2. The van der Waals surface area contributed by atoms with Gasteiger partial charge < -0.3 is 19.7 Å². The molecule has 0 bridgehead atoms. The van der Waals surface area contributed by atoms with E-state index in [1.165, 1.54) is 17.0 Å². The second-order valence-corrected chi connectivity index (χ2v) is 9.73. The van der Waals surface area contributed by atoms with Gasteiger partial charge >= 0.3 is 0 Å². The van der Waals surface area contributed by atoms with Crippen LogP contribution in [0.15, 0.2) is 66.7 Å². The van der Waals surface area contributed by atoms with E-state index in [0.29, 0.717) is 46.4 Å². The van der Waals surface area contributed by atoms with Crippen LogP contribution in [0.25, 0.3) is 0 Å². The van der Waals surface area contributed by atoms with Crippen molar-refractivity contribution in [2.45, 2.75) is 44.3 Å². The number of halogens is 2. The SMILES string of the molecule is O=C(NC1CCCC1)[C@H](c1ccc(F)cc1)N(Cc1ccccc1Cl)C(=O)c1ccc2c(c1)OCCO2. The number of rotatable bonds is 7. The fraction of sp³-hybridized carbons (Fsp3) is 0.310. The summed E-state index contributed by atoms with van der Waals surface area (Å²) in [6.45, 7) is 0.899. The van der Waals surface area contributed by atoms with E-state index >= 15 is 0 Å². The second-order valence-electron chi connectivity index (χ2n) is 9.33. The van der Waals surface area contributed by atoms with Gasteiger partial charge in [-0.1, -0.05) is 54.8 Å². The van der Waals surface area contributed by atoms with Gasteiger partial charge in [-0.3, -0.25) is 9.59 Å². The second kappa shape index (κ2) is 11.2. The number of carbonyl (C=O) groups excluding carboxylic acids is 2. The Kier molecular flexibility index (Phi) is 7.60. The maximum Gasteiger partial charge on any atom is 0.255 e. The van der Waals surface area contributed by atoms with Gasteiger partial charge in [-0.15, -0.1) is 0 Å². The Morgan fingerprint density at radius 3 is 2.41 bits per heavy atom. The number of nitrogens with one attached hydrogen (secondary N) is 1. The molecule has 0 aromatic heterocycles. The first-order valence-electron chi connectivity index (χ1n) is 12.5. The highest BCUT2D eigenvalue weighted by molar-refractivity contribution is 6.31. The van der Waals surface area contributed by atoms with Crippen molar-refractivity contribution in [1.82, 2.24) is 10.2 Å². The molecule has 1 N–H and O–H groups in total. The molecule has 0 radical (unpaired) electrons. The van der Waals surface area contributed by atoms with Gasteiger partial charge in [0.25, 0.3) is 5.91 Å². The van der Waals surface area contributed by atoms with Gasteiger partial charge in [0.1, 0.15) is 25.1 Å². The Bertz CT molecular complexity index is 1280. The number of amides is 2. The van der Waals surface area contributed by atoms with E-state index < -0.39 is 11.9 Å². The van der Waals surface area contributed by atoms with Gasteiger partial charge in [-0.2, -0.15) is 0 Å². The zero-order valence-corrected chi connectivity index (χ0v) is 21.0. The van der Waals surface area contributed by atoms with Crippen LogP contribution < -0.4 is 14.8 Å². The van der Waals surface area contributed by atoms with Crippen LogP contribution in [0.3, 0.4) is 0 Å². The van der Waals surface area contributed by atoms with Crippen LogP contribution >= 0.6 is 11.6 Å². The van der Waals surface area contributed by atoms with Crippen LogP contribution in [-0.2, 0) is 11.3 Å². The monoisotopic (exact) mass is 522 g/mol. The van der Waals surface area contributed by atoms with Crippen molar-refractivity contribution in [3.05, 3.63) is 94.3 Å². The predicted molar refractivity (Wildman–Crippen MR) is 138 cm³/mol. The van der Waals surface area contributed by atoms with Crippen LogP contribution in [0.2, 0.25) is 5.02 Å². The molecule has 192 valence electrons. The normalized spacial score (nSPS) is 15.7. The number of hydrogen-bond donors (Lipinski definition) is 1. The molecule has 0 unspecified atom stereocenters. The summed E-state index contributed by atoms with van der Waals surface area (Å²) in [5.74, 6) is -0.0724. The Labute approximate surface area is 220 Å². The first-order valence-corrected chi connectivity index (χ1v) is 12.9. The maximum absolute atomic E-state index is 14.1. The van der Waals surface area contributed by atoms with Crippen LogP contribution in [0.4, 0.5) is 4.39 Å². The van der Waals surface area contributed by atoms with Crippen molar-refractivity contribution in [3.8, 4) is 11.5 Å². The van der Waals surface area contributed by atoms with Crippen molar-refractivity contribution in [2.75, 3.05) is 13.2 Å². The molecule has 1 fully saturated rings. The van der Waals surface area contributed by atoms with Gasteiger partial charge in [0.15, 0.2) is 11.5 Å². The van der Waals surface area contributed by atoms with E-state index in [0.717, 1.165) is 25.7 Å². The van der Waals surface area contributed by atoms with E-state index in [9.17, 15) is 14.0 Å². The van der Waals surface area contributed by atoms with E-state index in [4.69, 9.17) is 21.1 Å². The average Bonchev–Trinajstić information content (AvgIpc) is 3.43. The maximum atomic E-state index is 14.1. The molecule has 2 amide bonds. The topological polar surface area (TPSA) is 67.9 Å². The molecule has 3 aromatic carbocycles. The van der Waals surface area contributed by atoms with Crippen LogP contribution in [0, 0.1) is 5.82 Å². The minimum atomic E-state index is -1.00. The Balaban J connectivity index is 1.56. The highest BCUT2D eigenvalue weighted by Gasteiger charge is 2.34. The zero-order chi connectivity index (χ0) is 25.8. The van der Waals surface area contributed by atoms with Crippen molar-refractivity contribution in [1.29, 1.82) is 0 Å². The Morgan fingerprint density at radius 2 is 1.68 bits per heavy atom. The highest BCUT2D eigenvalue weighted by atomic mass is 35.5. The minimum absolute atomic E-state index is 0.0435. The molecule has 8 heteroatoms. The molecule has 1 heterocycles. The molecular weight excluding hydrogens is 495 g/mol. The molecule has 1 saturated carbocycles. The molecule has 1 atom stereocenters. The molecule has 3 aromatic rings. The minimum Gasteiger partial charge on any atom is -0.486 e. The molecule has 37 heavy (non-hydrogen) atoms. The number of carbonyl (C=O) groups is 2. The largest absolute Gasteiger partial charge is 0.486 e. The predicted octanol–water partition coefficient (Wildman–Crippen LogP) is 5.69. The van der Waals surface area contributed by atoms with Crippen molar-refractivity contribution in [2.24, 2.45) is 0 Å². The van der Waals surface area contributed by atoms with Crippen LogP contribution in [0.5, 0.6) is 11.5 Å². The van der Waals surface area contributed by atoms with E-state index in [1.54, 1.807) is 36.4 Å². The van der Waals surface area contributed by atoms with Crippen molar-refractivity contribution >= 4 is 23.4 Å². The third-order valence-corrected chi connectivity index (χ3v) is 7.16. The molecule has 5 rings (SSSR count). The van der Waals surface area contributed by atoms with Crippen molar-refractivity contribution in [3.63, 3.8) is 0 Å². The third-order valence-electron chi connectivity index (χ3n) is 6.80. The van der Waals surface area contributed by atoms with Crippen LogP contribution in [0.1, 0.15) is 53.2 Å². The third kappa shape index (κ3) is 5.72. The molecule has 1 aliphatic carbocycles. The van der Waals surface area contributed by atoms with E-state index in [1.807, 2.05) is 18.2 Å². The fourth-order valence-corrected chi connectivity index (χ4v) is 5.10. The standard InChI is InChI=1S/C29H28ClFN2O4/c30-24-8-4-1-5-21(24)18-33(29(35)20-11-14-25-26(17-20)37-16-15-36-25)27(19-9-12-22(31)13-10-19)28(34)32-23-6-2-3-7-23/h1,4-5,8-14,17,23,27H,2-3,6-7,15-16,18H2,(H,32,34)/t27-/m0/s1. The van der Waals surface area contributed by atoms with E-state index in [2.05, 4.69) is 5.32 Å². The van der Waals surface area contributed by atoms with Crippen LogP contribution in [-0.4, -0.2) is 36.0 Å². The number of nitrogens with zero attached hydrogens (tertiary/aromatic N) is 1. The fourth-order valence-electron chi connectivity index (χ4n) is 4.90. The molecule has 6 nitrogen and oxygen atoms in total. The van der Waals surface area contributed by atoms with Gasteiger partial charge in [0.05, 0.1) is 0 Å². The summed E-state index contributed by atoms with van der Waals surface area (Å²) in [4.78, 5) is 29.4. The quantitative estimate of drug-likeness (QED) is 0.432. The summed E-state index contributed by atoms with van der Waals surface area (Å²) >= 11 is 6.48. The molecule has 2 aliphatic rings. The smallest absolute Gasteiger partial charge is 0.255 e. The van der Waals surface area contributed by atoms with Gasteiger partial charge in [0.2, 0.25) is 5.91 Å². The molecule has 0 spiro atoms. The van der Waals surface area contributed by atoms with Gasteiger partial charge in [-0.25, -0.2) is 4.39 Å². The van der Waals surface area contributed by atoms with Gasteiger partial charge in [0, 0.05) is 23.2 Å². The lowest BCUT2D eigenvalue weighted by Crippen LogP contribution is -2.46. The van der Waals surface area contributed by atoms with Crippen molar-refractivity contribution < 1.29 is 23.5 Å². The Hall–Kier alpha value is -3.58. The number of benzene rings is 3. The summed E-state index contributed by atoms with van der Waals surface area (Å²) in [6, 6.07) is 16.9. The molecule has 1 aliphatic heterocycles. The first kappa shape index (κ1) is 25.1. The average molecular weight is 523 g/mol. The summed E-state index contributed by atoms with van der Waals surface area (Å²) in [5.41, 5.74) is 1.54. The highest BCUT2D eigenvalue weighted by Crippen LogP contribution is 2.34. The summed E-state index contributed by atoms with van der Waals surface area (Å²) < 4.78 is 25.1. The summed E-state index contributed by atoms with van der Waals surface area (Å²) in [6.07, 6.45) is 3.88. The zero-order valence-electron chi connectivity index (χ0n) is 20.3. The Morgan fingerprint density at radius 1 is 0.973 bits per heavy atom. The lowest BCUT2D eigenvalue weighted by atomic mass is 10.0. The summed E-state index contributed by atoms with van der Waals surface area (Å²) in [5, 5.41) is 3.61. The number of fused-ring (bicyclic) bond motifs is 1. The lowest BCUT2D eigenvalue weighted by molar-refractivity contribution is -0.126. The molecule has 0 saturated heterocycles. The molecular formula is C29H28ClFN2O4. The first-order chi connectivity index (χ1) is 18.0. The van der Waals surface area contributed by atoms with Gasteiger partial charge in [-0.05, 0) is 60.4 Å². The lowest BCUT2D eigenvalue weighted by Gasteiger charge is -2.33. The number of hydrogen-bond acceptors (Lipinski definition) is 4. The van der Waals surface area contributed by atoms with E-state index in [-0.39, 0.29) is 24.4 Å².